The van der Waals surface area contributed by atoms with Crippen LogP contribution < -0.4 is 0 Å². The van der Waals surface area contributed by atoms with Crippen LogP contribution in [0.1, 0.15) is 0 Å². The highest BCUT2D eigenvalue weighted by molar-refractivity contribution is 6.24. The average molecular weight is 576 g/mol. The van der Waals surface area contributed by atoms with Crippen molar-refractivity contribution >= 4 is 43.5 Å². The summed E-state index contributed by atoms with van der Waals surface area (Å²) in [6.07, 6.45) is 0. The lowest BCUT2D eigenvalue weighted by Crippen LogP contribution is -2.00. The van der Waals surface area contributed by atoms with Gasteiger partial charge in [0, 0.05) is 32.8 Å². The summed E-state index contributed by atoms with van der Waals surface area (Å²) < 4.78 is 6.65. The summed E-state index contributed by atoms with van der Waals surface area (Å²) in [7, 11) is 0. The van der Waals surface area contributed by atoms with Gasteiger partial charge in [-0.15, -0.1) is 0 Å². The highest BCUT2D eigenvalue weighted by atomic mass is 16.3. The molecule has 0 bridgehead atoms. The first kappa shape index (κ1) is 25.4. The predicted molar refractivity (Wildman–Crippen MR) is 184 cm³/mol. The van der Waals surface area contributed by atoms with E-state index in [2.05, 4.69) is 103 Å². The van der Waals surface area contributed by atoms with Gasteiger partial charge in [0.2, 0.25) is 0 Å². The number of aromatic nitrogens is 3. The first-order valence-corrected chi connectivity index (χ1v) is 15.0. The molecule has 210 valence electrons. The van der Waals surface area contributed by atoms with Crippen molar-refractivity contribution < 1.29 is 4.42 Å². The maximum absolute atomic E-state index is 6.65. The molecule has 45 heavy (non-hydrogen) atoms. The van der Waals surface area contributed by atoms with Crippen LogP contribution in [0.4, 0.5) is 0 Å². The summed E-state index contributed by atoms with van der Waals surface area (Å²) >= 11 is 0. The molecular weight excluding hydrogens is 550 g/mol. The largest absolute Gasteiger partial charge is 0.455 e. The lowest BCUT2D eigenvalue weighted by molar-refractivity contribution is 0.673. The molecule has 0 aliphatic carbocycles. The Morgan fingerprint density at radius 3 is 1.71 bits per heavy atom. The van der Waals surface area contributed by atoms with Crippen LogP contribution in [0.25, 0.3) is 88.8 Å². The van der Waals surface area contributed by atoms with Crippen molar-refractivity contribution in [2.45, 2.75) is 0 Å². The second-order valence-corrected chi connectivity index (χ2v) is 11.2. The monoisotopic (exact) mass is 575 g/mol. The minimum absolute atomic E-state index is 0.609. The Morgan fingerprint density at radius 1 is 0.356 bits per heavy atom. The molecule has 9 aromatic rings. The van der Waals surface area contributed by atoms with Gasteiger partial charge in [-0.25, -0.2) is 15.0 Å². The first-order chi connectivity index (χ1) is 22.3. The predicted octanol–water partition coefficient (Wildman–Crippen LogP) is 10.7. The lowest BCUT2D eigenvalue weighted by Gasteiger charge is -2.10. The van der Waals surface area contributed by atoms with Crippen molar-refractivity contribution in [1.29, 1.82) is 0 Å². The van der Waals surface area contributed by atoms with E-state index in [1.165, 1.54) is 16.3 Å². The van der Waals surface area contributed by atoms with E-state index >= 15 is 0 Å². The third kappa shape index (κ3) is 4.27. The molecule has 0 saturated carbocycles. The van der Waals surface area contributed by atoms with Crippen molar-refractivity contribution in [3.8, 4) is 45.3 Å². The molecule has 0 atom stereocenters. The van der Waals surface area contributed by atoms with Crippen LogP contribution >= 0.6 is 0 Å². The maximum Gasteiger partial charge on any atom is 0.164 e. The van der Waals surface area contributed by atoms with E-state index in [9.17, 15) is 0 Å². The molecule has 2 heterocycles. The highest BCUT2D eigenvalue weighted by Gasteiger charge is 2.19. The Labute approximate surface area is 259 Å². The van der Waals surface area contributed by atoms with Crippen molar-refractivity contribution in [3.63, 3.8) is 0 Å². The third-order valence-corrected chi connectivity index (χ3v) is 8.53. The molecule has 0 fully saturated rings. The highest BCUT2D eigenvalue weighted by Crippen LogP contribution is 2.41. The quantitative estimate of drug-likeness (QED) is 0.196. The standard InChI is InChI=1S/C41H25N3O/c1-3-10-26(11-4-1)27-18-22-31(23-19-27)40-42-39(30-13-5-2-6-14-30)43-41(44-40)34-16-9-17-35-37(34)33-25-24-29-21-20-28-12-7-8-15-32(28)36(29)38(33)45-35/h1-25H. The van der Waals surface area contributed by atoms with Gasteiger partial charge in [-0.1, -0.05) is 140 Å². The van der Waals surface area contributed by atoms with E-state index in [0.29, 0.717) is 17.5 Å². The molecule has 0 aliphatic rings. The number of hydrogen-bond acceptors (Lipinski definition) is 4. The number of benzene rings is 7. The van der Waals surface area contributed by atoms with Gasteiger partial charge < -0.3 is 4.42 Å². The van der Waals surface area contributed by atoms with E-state index in [1.807, 2.05) is 48.5 Å². The van der Waals surface area contributed by atoms with Crippen molar-refractivity contribution in [2.75, 3.05) is 0 Å². The van der Waals surface area contributed by atoms with Gasteiger partial charge in [-0.05, 0) is 39.4 Å². The van der Waals surface area contributed by atoms with Crippen molar-refractivity contribution in [2.24, 2.45) is 0 Å². The normalized spacial score (nSPS) is 11.6. The van der Waals surface area contributed by atoms with Crippen LogP contribution in [0.2, 0.25) is 0 Å². The summed E-state index contributed by atoms with van der Waals surface area (Å²) in [6.45, 7) is 0. The number of furan rings is 1. The van der Waals surface area contributed by atoms with E-state index in [0.717, 1.165) is 55.0 Å². The number of fused-ring (bicyclic) bond motifs is 7. The lowest BCUT2D eigenvalue weighted by atomic mass is 9.98. The number of nitrogens with zero attached hydrogens (tertiary/aromatic N) is 3. The molecule has 0 amide bonds. The Bertz CT molecular complexity index is 2520. The van der Waals surface area contributed by atoms with Crippen LogP contribution in [0.15, 0.2) is 156 Å². The molecule has 2 aromatic heterocycles. The molecule has 7 aromatic carbocycles. The maximum atomic E-state index is 6.65. The SMILES string of the molecule is c1ccc(-c2ccc(-c3nc(-c4ccccc4)nc(-c4cccc5oc6c(ccc7ccc8ccccc8c76)c45)n3)cc2)cc1. The van der Waals surface area contributed by atoms with Gasteiger partial charge in [-0.2, -0.15) is 0 Å². The molecule has 0 N–H and O–H groups in total. The van der Waals surface area contributed by atoms with Gasteiger partial charge >= 0.3 is 0 Å². The molecule has 9 rings (SSSR count). The van der Waals surface area contributed by atoms with Gasteiger partial charge in [0.15, 0.2) is 17.5 Å². The minimum atomic E-state index is 0.609. The fourth-order valence-corrected chi connectivity index (χ4v) is 6.34. The Kier molecular flexibility index (Phi) is 5.78. The molecular formula is C41H25N3O. The second kappa shape index (κ2) is 10.2. The molecule has 0 saturated heterocycles. The molecule has 4 heteroatoms. The van der Waals surface area contributed by atoms with E-state index < -0.39 is 0 Å². The third-order valence-electron chi connectivity index (χ3n) is 8.53. The van der Waals surface area contributed by atoms with E-state index in [4.69, 9.17) is 19.4 Å². The molecule has 0 spiro atoms. The zero-order chi connectivity index (χ0) is 29.7. The van der Waals surface area contributed by atoms with Gasteiger partial charge in [-0.3, -0.25) is 0 Å². The summed E-state index contributed by atoms with van der Waals surface area (Å²) in [5.74, 6) is 1.86. The Hall–Kier alpha value is -6.13. The Balaban J connectivity index is 1.27. The van der Waals surface area contributed by atoms with Crippen LogP contribution in [0, 0.1) is 0 Å². The van der Waals surface area contributed by atoms with Crippen molar-refractivity contribution in [3.05, 3.63) is 152 Å². The molecule has 0 unspecified atom stereocenters. The fraction of sp³-hybridized carbons (Fsp3) is 0. The number of rotatable bonds is 4. The minimum Gasteiger partial charge on any atom is -0.455 e. The zero-order valence-electron chi connectivity index (χ0n) is 24.2. The zero-order valence-corrected chi connectivity index (χ0v) is 24.2. The topological polar surface area (TPSA) is 51.8 Å². The molecule has 0 radical (unpaired) electrons. The Morgan fingerprint density at radius 2 is 0.933 bits per heavy atom. The second-order valence-electron chi connectivity index (χ2n) is 11.2. The first-order valence-electron chi connectivity index (χ1n) is 15.0. The summed E-state index contributed by atoms with van der Waals surface area (Å²) in [5, 5.41) is 6.67. The summed E-state index contributed by atoms with van der Waals surface area (Å²) in [4.78, 5) is 15.1. The van der Waals surface area contributed by atoms with Gasteiger partial charge in [0.05, 0.1) is 0 Å². The van der Waals surface area contributed by atoms with Crippen LogP contribution in [-0.4, -0.2) is 15.0 Å². The average Bonchev–Trinajstić information content (AvgIpc) is 3.51. The smallest absolute Gasteiger partial charge is 0.164 e. The van der Waals surface area contributed by atoms with E-state index in [-0.39, 0.29) is 0 Å². The van der Waals surface area contributed by atoms with Gasteiger partial charge in [0.25, 0.3) is 0 Å². The summed E-state index contributed by atoms with van der Waals surface area (Å²) in [6, 6.07) is 52.1. The van der Waals surface area contributed by atoms with Crippen LogP contribution in [0.3, 0.4) is 0 Å². The summed E-state index contributed by atoms with van der Waals surface area (Å²) in [5.41, 5.74) is 6.77. The fourth-order valence-electron chi connectivity index (χ4n) is 6.34. The molecule has 0 aliphatic heterocycles. The molecule has 4 nitrogen and oxygen atoms in total. The van der Waals surface area contributed by atoms with Crippen LogP contribution in [0.5, 0.6) is 0 Å². The van der Waals surface area contributed by atoms with Crippen molar-refractivity contribution in [1.82, 2.24) is 15.0 Å². The van der Waals surface area contributed by atoms with Gasteiger partial charge in [0.1, 0.15) is 11.2 Å². The number of hydrogen-bond donors (Lipinski definition) is 0. The van der Waals surface area contributed by atoms with Crippen LogP contribution in [-0.2, 0) is 0 Å². The van der Waals surface area contributed by atoms with E-state index in [1.54, 1.807) is 0 Å².